The first-order valence-electron chi connectivity index (χ1n) is 7.11. The molecular weight excluding hydrogens is 254 g/mol. The lowest BCUT2D eigenvalue weighted by Gasteiger charge is -2.26. The van der Waals surface area contributed by atoms with E-state index in [1.54, 1.807) is 18.2 Å². The van der Waals surface area contributed by atoms with Gasteiger partial charge in [0.15, 0.2) is 0 Å². The minimum Gasteiger partial charge on any atom is -0.349 e. The average Bonchev–Trinajstić information content (AvgIpc) is 2.80. The van der Waals surface area contributed by atoms with Crippen LogP contribution in [0, 0.1) is 0 Å². The maximum absolute atomic E-state index is 12.2. The van der Waals surface area contributed by atoms with Gasteiger partial charge in [-0.1, -0.05) is 0 Å². The van der Waals surface area contributed by atoms with Crippen molar-refractivity contribution < 1.29 is 9.59 Å². The Labute approximate surface area is 117 Å². The summed E-state index contributed by atoms with van der Waals surface area (Å²) in [5, 5.41) is 5.82. The molecule has 1 fully saturated rings. The van der Waals surface area contributed by atoms with Gasteiger partial charge in [-0.15, -0.1) is 0 Å². The number of fused-ring (bicyclic) bond motifs is 1. The standard InChI is InChI=1S/C15H19N3O2/c16-11-2-4-12(5-3-11)17-15(20)9-1-6-13-10(7-9)8-14(19)18-13/h1,6-7,11-12H,2-5,8,16H2,(H,17,20)(H,18,19)/t11-,12-. The van der Waals surface area contributed by atoms with Gasteiger partial charge < -0.3 is 16.4 Å². The van der Waals surface area contributed by atoms with Crippen molar-refractivity contribution in [1.29, 1.82) is 0 Å². The quantitative estimate of drug-likeness (QED) is 0.756. The van der Waals surface area contributed by atoms with E-state index in [9.17, 15) is 9.59 Å². The van der Waals surface area contributed by atoms with Gasteiger partial charge in [0.1, 0.15) is 0 Å². The molecule has 1 aromatic carbocycles. The van der Waals surface area contributed by atoms with E-state index in [0.29, 0.717) is 12.0 Å². The Hall–Kier alpha value is -1.88. The lowest BCUT2D eigenvalue weighted by Crippen LogP contribution is -2.40. The normalized spacial score (nSPS) is 24.9. The van der Waals surface area contributed by atoms with Crippen molar-refractivity contribution in [3.05, 3.63) is 29.3 Å². The second kappa shape index (κ2) is 5.25. The molecule has 0 saturated heterocycles. The first-order valence-corrected chi connectivity index (χ1v) is 7.11. The Balaban J connectivity index is 1.66. The van der Waals surface area contributed by atoms with E-state index in [4.69, 9.17) is 5.73 Å². The van der Waals surface area contributed by atoms with Gasteiger partial charge in [0.25, 0.3) is 5.91 Å². The second-order valence-corrected chi connectivity index (χ2v) is 5.68. The third kappa shape index (κ3) is 2.67. The van der Waals surface area contributed by atoms with Crippen molar-refractivity contribution in [3.63, 3.8) is 0 Å². The van der Waals surface area contributed by atoms with Crippen molar-refractivity contribution in [2.75, 3.05) is 5.32 Å². The van der Waals surface area contributed by atoms with E-state index in [0.717, 1.165) is 36.9 Å². The monoisotopic (exact) mass is 273 g/mol. The van der Waals surface area contributed by atoms with Crippen molar-refractivity contribution in [3.8, 4) is 0 Å². The average molecular weight is 273 g/mol. The first kappa shape index (κ1) is 13.1. The SMILES string of the molecule is N[C@H]1CC[C@H](NC(=O)c2ccc3c(c2)CC(=O)N3)CC1. The summed E-state index contributed by atoms with van der Waals surface area (Å²) in [7, 11) is 0. The molecule has 1 aliphatic heterocycles. The molecular formula is C15H19N3O2. The maximum atomic E-state index is 12.2. The molecule has 0 unspecified atom stereocenters. The maximum Gasteiger partial charge on any atom is 0.251 e. The van der Waals surface area contributed by atoms with Crippen LogP contribution in [-0.4, -0.2) is 23.9 Å². The van der Waals surface area contributed by atoms with Gasteiger partial charge in [0.2, 0.25) is 5.91 Å². The highest BCUT2D eigenvalue weighted by Crippen LogP contribution is 2.24. The largest absolute Gasteiger partial charge is 0.349 e. The predicted octanol–water partition coefficient (Wildman–Crippen LogP) is 1.18. The highest BCUT2D eigenvalue weighted by Gasteiger charge is 2.22. The van der Waals surface area contributed by atoms with E-state index in [1.807, 2.05) is 0 Å². The van der Waals surface area contributed by atoms with E-state index < -0.39 is 0 Å². The van der Waals surface area contributed by atoms with Crippen LogP contribution < -0.4 is 16.4 Å². The fraction of sp³-hybridized carbons (Fsp3) is 0.467. The summed E-state index contributed by atoms with van der Waals surface area (Å²) in [5.41, 5.74) is 8.19. The van der Waals surface area contributed by atoms with Crippen LogP contribution in [0.5, 0.6) is 0 Å². The highest BCUT2D eigenvalue weighted by atomic mass is 16.2. The number of nitrogens with one attached hydrogen (secondary N) is 2. The van der Waals surface area contributed by atoms with Crippen LogP contribution in [0.3, 0.4) is 0 Å². The molecule has 1 heterocycles. The first-order chi connectivity index (χ1) is 9.61. The molecule has 1 saturated carbocycles. The zero-order chi connectivity index (χ0) is 14.1. The predicted molar refractivity (Wildman–Crippen MR) is 76.5 cm³/mol. The molecule has 1 aliphatic carbocycles. The van der Waals surface area contributed by atoms with E-state index in [1.165, 1.54) is 0 Å². The molecule has 0 aromatic heterocycles. The molecule has 0 spiro atoms. The number of carbonyl (C=O) groups excluding carboxylic acids is 2. The molecule has 0 bridgehead atoms. The molecule has 4 N–H and O–H groups in total. The fourth-order valence-corrected chi connectivity index (χ4v) is 2.90. The van der Waals surface area contributed by atoms with Crippen LogP contribution in [0.15, 0.2) is 18.2 Å². The second-order valence-electron chi connectivity index (χ2n) is 5.68. The summed E-state index contributed by atoms with van der Waals surface area (Å²) < 4.78 is 0. The Bertz CT molecular complexity index is 548. The minimum atomic E-state index is -0.0624. The van der Waals surface area contributed by atoms with Crippen molar-refractivity contribution in [2.45, 2.75) is 44.2 Å². The Morgan fingerprint density at radius 3 is 2.75 bits per heavy atom. The molecule has 5 nitrogen and oxygen atoms in total. The van der Waals surface area contributed by atoms with Gasteiger partial charge in [-0.05, 0) is 49.4 Å². The van der Waals surface area contributed by atoms with Gasteiger partial charge in [0.05, 0.1) is 6.42 Å². The van der Waals surface area contributed by atoms with Gasteiger partial charge in [-0.3, -0.25) is 9.59 Å². The van der Waals surface area contributed by atoms with Crippen LogP contribution in [0.4, 0.5) is 5.69 Å². The van der Waals surface area contributed by atoms with Crippen molar-refractivity contribution >= 4 is 17.5 Å². The molecule has 106 valence electrons. The Morgan fingerprint density at radius 1 is 1.25 bits per heavy atom. The summed E-state index contributed by atoms with van der Waals surface area (Å²) in [6.45, 7) is 0. The van der Waals surface area contributed by atoms with Crippen LogP contribution in [0.2, 0.25) is 0 Å². The lowest BCUT2D eigenvalue weighted by molar-refractivity contribution is -0.115. The molecule has 0 radical (unpaired) electrons. The number of hydrogen-bond donors (Lipinski definition) is 3. The van der Waals surface area contributed by atoms with E-state index in [-0.39, 0.29) is 23.9 Å². The number of amides is 2. The van der Waals surface area contributed by atoms with Gasteiger partial charge in [-0.25, -0.2) is 0 Å². The summed E-state index contributed by atoms with van der Waals surface area (Å²) in [6, 6.07) is 5.85. The Kier molecular flexibility index (Phi) is 3.44. The third-order valence-corrected chi connectivity index (χ3v) is 4.10. The number of anilines is 1. The zero-order valence-electron chi connectivity index (χ0n) is 11.3. The molecule has 2 aliphatic rings. The van der Waals surface area contributed by atoms with E-state index >= 15 is 0 Å². The summed E-state index contributed by atoms with van der Waals surface area (Å²) in [4.78, 5) is 23.5. The number of rotatable bonds is 2. The molecule has 1 aromatic rings. The fourth-order valence-electron chi connectivity index (χ4n) is 2.90. The number of hydrogen-bond acceptors (Lipinski definition) is 3. The van der Waals surface area contributed by atoms with E-state index in [2.05, 4.69) is 10.6 Å². The van der Waals surface area contributed by atoms with Gasteiger partial charge >= 0.3 is 0 Å². The lowest BCUT2D eigenvalue weighted by atomic mass is 9.91. The molecule has 3 rings (SSSR count). The van der Waals surface area contributed by atoms with Crippen LogP contribution in [-0.2, 0) is 11.2 Å². The summed E-state index contributed by atoms with van der Waals surface area (Å²) in [6.07, 6.45) is 4.17. The molecule has 5 heteroatoms. The Morgan fingerprint density at radius 2 is 2.00 bits per heavy atom. The number of carbonyl (C=O) groups is 2. The number of benzene rings is 1. The van der Waals surface area contributed by atoms with Gasteiger partial charge in [-0.2, -0.15) is 0 Å². The minimum absolute atomic E-state index is 0.0150. The van der Waals surface area contributed by atoms with Crippen LogP contribution in [0.25, 0.3) is 0 Å². The van der Waals surface area contributed by atoms with Crippen LogP contribution >= 0.6 is 0 Å². The third-order valence-electron chi connectivity index (χ3n) is 4.10. The van der Waals surface area contributed by atoms with Crippen LogP contribution in [0.1, 0.15) is 41.6 Å². The molecule has 0 atom stereocenters. The summed E-state index contributed by atoms with van der Waals surface area (Å²) >= 11 is 0. The highest BCUT2D eigenvalue weighted by molar-refractivity contribution is 6.01. The van der Waals surface area contributed by atoms with Crippen molar-refractivity contribution in [1.82, 2.24) is 5.32 Å². The topological polar surface area (TPSA) is 84.2 Å². The van der Waals surface area contributed by atoms with Gasteiger partial charge in [0, 0.05) is 23.3 Å². The zero-order valence-corrected chi connectivity index (χ0v) is 11.3. The molecule has 2 amide bonds. The smallest absolute Gasteiger partial charge is 0.251 e. The summed E-state index contributed by atoms with van der Waals surface area (Å²) in [5.74, 6) is -0.0774. The number of nitrogens with two attached hydrogens (primary N) is 1. The van der Waals surface area contributed by atoms with Crippen molar-refractivity contribution in [2.24, 2.45) is 5.73 Å². The molecule has 20 heavy (non-hydrogen) atoms.